The lowest BCUT2D eigenvalue weighted by molar-refractivity contribution is 0.0939. The highest BCUT2D eigenvalue weighted by Crippen LogP contribution is 2.29. The summed E-state index contributed by atoms with van der Waals surface area (Å²) in [6.45, 7) is 3.41. The van der Waals surface area contributed by atoms with E-state index in [1.807, 2.05) is 0 Å². The van der Waals surface area contributed by atoms with E-state index >= 15 is 0 Å². The third-order valence-electron chi connectivity index (χ3n) is 4.01. The maximum absolute atomic E-state index is 12.6. The van der Waals surface area contributed by atoms with Crippen LogP contribution in [0.15, 0.2) is 41.3 Å². The summed E-state index contributed by atoms with van der Waals surface area (Å²) >= 11 is 0. The second kappa shape index (κ2) is 7.76. The van der Waals surface area contributed by atoms with Crippen molar-refractivity contribution >= 4 is 15.9 Å². The number of carbonyl (C=O) groups is 1. The largest absolute Gasteiger partial charge is 0.497 e. The Morgan fingerprint density at radius 1 is 1.12 bits per heavy atom. The van der Waals surface area contributed by atoms with Crippen molar-refractivity contribution < 1.29 is 22.7 Å². The van der Waals surface area contributed by atoms with Gasteiger partial charge < -0.3 is 14.8 Å². The number of rotatable bonds is 6. The summed E-state index contributed by atoms with van der Waals surface area (Å²) in [6, 6.07) is 9.26. The number of benzene rings is 2. The van der Waals surface area contributed by atoms with Gasteiger partial charge in [-0.15, -0.1) is 0 Å². The van der Waals surface area contributed by atoms with Crippen LogP contribution in [0.2, 0.25) is 0 Å². The van der Waals surface area contributed by atoms with Crippen LogP contribution in [0.25, 0.3) is 0 Å². The fourth-order valence-corrected chi connectivity index (χ4v) is 3.39. The van der Waals surface area contributed by atoms with Crippen molar-refractivity contribution in [3.8, 4) is 11.5 Å². The molecule has 0 spiro atoms. The quantitative estimate of drug-likeness (QED) is 0.801. The van der Waals surface area contributed by atoms with Crippen LogP contribution in [0.3, 0.4) is 0 Å². The summed E-state index contributed by atoms with van der Waals surface area (Å²) in [7, 11) is -0.815. The molecule has 2 rings (SSSR count). The van der Waals surface area contributed by atoms with Gasteiger partial charge in [0.15, 0.2) is 0 Å². The van der Waals surface area contributed by atoms with Crippen molar-refractivity contribution in [2.45, 2.75) is 24.8 Å². The Kier molecular flexibility index (Phi) is 5.89. The minimum absolute atomic E-state index is 0.0724. The molecule has 2 aromatic carbocycles. The molecule has 0 aliphatic heterocycles. The monoisotopic (exact) mass is 378 g/mol. The van der Waals surface area contributed by atoms with Crippen molar-refractivity contribution in [3.63, 3.8) is 0 Å². The van der Waals surface area contributed by atoms with Gasteiger partial charge in [0.1, 0.15) is 11.5 Å². The summed E-state index contributed by atoms with van der Waals surface area (Å²) in [5, 5.41) is 8.03. The highest BCUT2D eigenvalue weighted by molar-refractivity contribution is 7.89. The lowest BCUT2D eigenvalue weighted by Crippen LogP contribution is -2.27. The van der Waals surface area contributed by atoms with Gasteiger partial charge in [-0.1, -0.05) is 6.07 Å². The third kappa shape index (κ3) is 4.33. The number of amides is 1. The standard InChI is InChI=1S/C18H22N2O5S/c1-11-5-6-13(9-17(11)26(19,22)23)18(21)20-12(2)15-10-14(24-3)7-8-16(15)25-4/h5-10,12H,1-4H3,(H,20,21)(H2,19,22,23)/t12-/m0/s1. The molecule has 7 nitrogen and oxygen atoms in total. The van der Waals surface area contributed by atoms with E-state index in [9.17, 15) is 13.2 Å². The van der Waals surface area contributed by atoms with Gasteiger partial charge in [-0.25, -0.2) is 13.6 Å². The first-order chi connectivity index (χ1) is 12.2. The maximum Gasteiger partial charge on any atom is 0.251 e. The molecule has 1 atom stereocenters. The highest BCUT2D eigenvalue weighted by atomic mass is 32.2. The number of hydrogen-bond acceptors (Lipinski definition) is 5. The number of nitrogens with one attached hydrogen (secondary N) is 1. The molecular weight excluding hydrogens is 356 g/mol. The second-order valence-electron chi connectivity index (χ2n) is 5.83. The minimum Gasteiger partial charge on any atom is -0.497 e. The molecule has 0 unspecified atom stereocenters. The SMILES string of the molecule is COc1ccc(OC)c([C@H](C)NC(=O)c2ccc(C)c(S(N)(=O)=O)c2)c1. The molecule has 140 valence electrons. The van der Waals surface area contributed by atoms with Gasteiger partial charge in [-0.2, -0.15) is 0 Å². The number of carbonyl (C=O) groups excluding carboxylic acids is 1. The van der Waals surface area contributed by atoms with Gasteiger partial charge >= 0.3 is 0 Å². The Bertz CT molecular complexity index is 925. The predicted molar refractivity (Wildman–Crippen MR) is 98.0 cm³/mol. The number of methoxy groups -OCH3 is 2. The van der Waals surface area contributed by atoms with Crippen molar-refractivity contribution in [3.05, 3.63) is 53.1 Å². The van der Waals surface area contributed by atoms with Gasteiger partial charge in [0.2, 0.25) is 10.0 Å². The van der Waals surface area contributed by atoms with Crippen LogP contribution in [0, 0.1) is 6.92 Å². The fraction of sp³-hybridized carbons (Fsp3) is 0.278. The Labute approximate surface area is 153 Å². The van der Waals surface area contributed by atoms with Crippen LogP contribution in [-0.4, -0.2) is 28.5 Å². The van der Waals surface area contributed by atoms with Crippen LogP contribution in [-0.2, 0) is 10.0 Å². The van der Waals surface area contributed by atoms with Gasteiger partial charge in [-0.05, 0) is 49.7 Å². The second-order valence-corrected chi connectivity index (χ2v) is 7.36. The lowest BCUT2D eigenvalue weighted by atomic mass is 10.1. The average molecular weight is 378 g/mol. The van der Waals surface area contributed by atoms with Crippen LogP contribution in [0.1, 0.15) is 34.5 Å². The van der Waals surface area contributed by atoms with Gasteiger partial charge in [0, 0.05) is 11.1 Å². The Morgan fingerprint density at radius 3 is 2.38 bits per heavy atom. The molecule has 8 heteroatoms. The summed E-state index contributed by atoms with van der Waals surface area (Å²) in [5.41, 5.74) is 1.42. The van der Waals surface area contributed by atoms with Crippen LogP contribution in [0.5, 0.6) is 11.5 Å². The first-order valence-corrected chi connectivity index (χ1v) is 9.38. The zero-order valence-electron chi connectivity index (χ0n) is 15.1. The third-order valence-corrected chi connectivity index (χ3v) is 5.06. The van der Waals surface area contributed by atoms with Crippen LogP contribution >= 0.6 is 0 Å². The van der Waals surface area contributed by atoms with E-state index in [1.54, 1.807) is 51.3 Å². The first kappa shape index (κ1) is 19.7. The zero-order valence-corrected chi connectivity index (χ0v) is 15.9. The first-order valence-electron chi connectivity index (χ1n) is 7.83. The van der Waals surface area contributed by atoms with E-state index in [1.165, 1.54) is 13.2 Å². The molecule has 0 aliphatic carbocycles. The van der Waals surface area contributed by atoms with Crippen molar-refractivity contribution in [2.24, 2.45) is 5.14 Å². The Balaban J connectivity index is 2.30. The molecule has 0 radical (unpaired) electrons. The molecule has 2 aromatic rings. The molecule has 0 aromatic heterocycles. The minimum atomic E-state index is -3.91. The van der Waals surface area contributed by atoms with Gasteiger partial charge in [0.05, 0.1) is 25.2 Å². The zero-order chi connectivity index (χ0) is 19.5. The highest BCUT2D eigenvalue weighted by Gasteiger charge is 2.19. The van der Waals surface area contributed by atoms with Crippen molar-refractivity contribution in [1.82, 2.24) is 5.32 Å². The molecular formula is C18H22N2O5S. The topological polar surface area (TPSA) is 108 Å². The summed E-state index contributed by atoms with van der Waals surface area (Å²) < 4.78 is 33.8. The number of primary sulfonamides is 1. The van der Waals surface area contributed by atoms with E-state index in [0.717, 1.165) is 5.56 Å². The van der Waals surface area contributed by atoms with Crippen molar-refractivity contribution in [1.29, 1.82) is 0 Å². The molecule has 0 heterocycles. The smallest absolute Gasteiger partial charge is 0.251 e. The van der Waals surface area contributed by atoms with E-state index < -0.39 is 22.0 Å². The van der Waals surface area contributed by atoms with E-state index in [-0.39, 0.29) is 10.5 Å². The predicted octanol–water partition coefficient (Wildman–Crippen LogP) is 2.15. The van der Waals surface area contributed by atoms with E-state index in [4.69, 9.17) is 14.6 Å². The summed E-state index contributed by atoms with van der Waals surface area (Å²) in [5.74, 6) is 0.814. The molecule has 0 saturated carbocycles. The Hall–Kier alpha value is -2.58. The Morgan fingerprint density at radius 2 is 1.81 bits per heavy atom. The molecule has 0 fully saturated rings. The molecule has 0 saturated heterocycles. The lowest BCUT2D eigenvalue weighted by Gasteiger charge is -2.18. The molecule has 0 aliphatic rings. The van der Waals surface area contributed by atoms with Gasteiger partial charge in [-0.3, -0.25) is 4.79 Å². The normalized spacial score (nSPS) is 12.3. The van der Waals surface area contributed by atoms with E-state index in [2.05, 4.69) is 5.32 Å². The van der Waals surface area contributed by atoms with E-state index in [0.29, 0.717) is 17.1 Å². The number of nitrogens with two attached hydrogens (primary N) is 1. The summed E-state index contributed by atoms with van der Waals surface area (Å²) in [6.07, 6.45) is 0. The molecule has 1 amide bonds. The average Bonchev–Trinajstić information content (AvgIpc) is 2.60. The fourth-order valence-electron chi connectivity index (χ4n) is 2.58. The molecule has 0 bridgehead atoms. The van der Waals surface area contributed by atoms with Crippen molar-refractivity contribution in [2.75, 3.05) is 14.2 Å². The van der Waals surface area contributed by atoms with Crippen LogP contribution < -0.4 is 19.9 Å². The maximum atomic E-state index is 12.6. The number of sulfonamides is 1. The number of ether oxygens (including phenoxy) is 2. The number of hydrogen-bond donors (Lipinski definition) is 2. The molecule has 3 N–H and O–H groups in total. The number of aryl methyl sites for hydroxylation is 1. The van der Waals surface area contributed by atoms with Crippen LogP contribution in [0.4, 0.5) is 0 Å². The van der Waals surface area contributed by atoms with Gasteiger partial charge in [0.25, 0.3) is 5.91 Å². The summed E-state index contributed by atoms with van der Waals surface area (Å²) in [4.78, 5) is 12.5. The molecule has 26 heavy (non-hydrogen) atoms.